The predicted octanol–water partition coefficient (Wildman–Crippen LogP) is 3.80. The van der Waals surface area contributed by atoms with Crippen LogP contribution < -0.4 is 10.1 Å². The molecule has 36 heavy (non-hydrogen) atoms. The van der Waals surface area contributed by atoms with Crippen LogP contribution in [-0.2, 0) is 29.1 Å². The zero-order valence-electron chi connectivity index (χ0n) is 20.7. The number of ether oxygens (including phenoxy) is 1. The molecule has 2 saturated heterocycles. The van der Waals surface area contributed by atoms with Crippen LogP contribution in [0.4, 0.5) is 0 Å². The summed E-state index contributed by atoms with van der Waals surface area (Å²) >= 11 is 0. The monoisotopic (exact) mass is 483 g/mol. The van der Waals surface area contributed by atoms with Crippen molar-refractivity contribution >= 4 is 11.8 Å². The molecule has 0 aliphatic carbocycles. The zero-order chi connectivity index (χ0) is 25.0. The van der Waals surface area contributed by atoms with E-state index in [1.54, 1.807) is 7.11 Å². The van der Waals surface area contributed by atoms with Crippen LogP contribution in [0.5, 0.6) is 5.75 Å². The molecule has 1 spiro atoms. The number of benzene rings is 3. The first-order valence-electron chi connectivity index (χ1n) is 12.6. The van der Waals surface area contributed by atoms with Crippen molar-refractivity contribution in [1.29, 1.82) is 0 Å². The van der Waals surface area contributed by atoms with Gasteiger partial charge in [0.2, 0.25) is 11.8 Å². The first-order valence-corrected chi connectivity index (χ1v) is 12.6. The molecule has 2 heterocycles. The summed E-state index contributed by atoms with van der Waals surface area (Å²) in [7, 11) is 1.67. The minimum Gasteiger partial charge on any atom is -0.497 e. The van der Waals surface area contributed by atoms with Crippen LogP contribution in [0.15, 0.2) is 84.9 Å². The SMILES string of the molecule is COc1ccc(CN2CCC3(CC2)C(=O)NC(Cc2ccccc2)C(=O)N3Cc2ccccc2)cc1. The molecule has 2 aliphatic rings. The van der Waals surface area contributed by atoms with E-state index in [1.165, 1.54) is 5.56 Å². The molecule has 0 radical (unpaired) electrons. The number of likely N-dealkylation sites (tertiary alicyclic amines) is 1. The second-order valence-electron chi connectivity index (χ2n) is 9.78. The average Bonchev–Trinajstić information content (AvgIpc) is 2.92. The van der Waals surface area contributed by atoms with E-state index in [0.717, 1.165) is 36.5 Å². The van der Waals surface area contributed by atoms with Gasteiger partial charge in [-0.05, 0) is 41.7 Å². The van der Waals surface area contributed by atoms with Crippen molar-refractivity contribution in [2.24, 2.45) is 0 Å². The molecule has 5 rings (SSSR count). The molecule has 186 valence electrons. The van der Waals surface area contributed by atoms with Crippen LogP contribution in [0.2, 0.25) is 0 Å². The minimum atomic E-state index is -0.823. The fourth-order valence-electron chi connectivity index (χ4n) is 5.43. The number of methoxy groups -OCH3 is 1. The first kappa shape index (κ1) is 24.1. The summed E-state index contributed by atoms with van der Waals surface area (Å²) < 4.78 is 5.27. The highest BCUT2D eigenvalue weighted by Gasteiger charge is 2.53. The largest absolute Gasteiger partial charge is 0.497 e. The molecule has 1 atom stereocenters. The van der Waals surface area contributed by atoms with Crippen molar-refractivity contribution < 1.29 is 14.3 Å². The highest BCUT2D eigenvalue weighted by molar-refractivity contribution is 6.00. The quantitative estimate of drug-likeness (QED) is 0.555. The zero-order valence-corrected chi connectivity index (χ0v) is 20.7. The summed E-state index contributed by atoms with van der Waals surface area (Å²) in [5.41, 5.74) is 2.47. The summed E-state index contributed by atoms with van der Waals surface area (Å²) in [6.45, 7) is 2.75. The third-order valence-electron chi connectivity index (χ3n) is 7.52. The maximum atomic E-state index is 13.9. The molecule has 0 bridgehead atoms. The fourth-order valence-corrected chi connectivity index (χ4v) is 5.43. The lowest BCUT2D eigenvalue weighted by atomic mass is 9.80. The Labute approximate surface area is 212 Å². The molecule has 1 unspecified atom stereocenters. The molecular formula is C30H33N3O3. The fraction of sp³-hybridized carbons (Fsp3) is 0.333. The highest BCUT2D eigenvalue weighted by atomic mass is 16.5. The number of piperidine rings is 1. The Morgan fingerprint density at radius 1 is 0.806 bits per heavy atom. The summed E-state index contributed by atoms with van der Waals surface area (Å²) in [6.07, 6.45) is 1.73. The van der Waals surface area contributed by atoms with Crippen molar-refractivity contribution in [1.82, 2.24) is 15.1 Å². The maximum Gasteiger partial charge on any atom is 0.246 e. The predicted molar refractivity (Wildman–Crippen MR) is 139 cm³/mol. The lowest BCUT2D eigenvalue weighted by molar-refractivity contribution is -0.162. The van der Waals surface area contributed by atoms with E-state index >= 15 is 0 Å². The van der Waals surface area contributed by atoms with E-state index in [4.69, 9.17) is 4.74 Å². The maximum absolute atomic E-state index is 13.9. The van der Waals surface area contributed by atoms with Crippen LogP contribution in [0.1, 0.15) is 29.5 Å². The van der Waals surface area contributed by atoms with Crippen molar-refractivity contribution in [3.05, 3.63) is 102 Å². The number of carbonyl (C=O) groups is 2. The lowest BCUT2D eigenvalue weighted by Crippen LogP contribution is -2.72. The Balaban J connectivity index is 1.35. The minimum absolute atomic E-state index is 0.00547. The summed E-state index contributed by atoms with van der Waals surface area (Å²) in [5.74, 6) is 0.823. The summed E-state index contributed by atoms with van der Waals surface area (Å²) in [4.78, 5) is 31.8. The smallest absolute Gasteiger partial charge is 0.246 e. The van der Waals surface area contributed by atoms with Gasteiger partial charge >= 0.3 is 0 Å². The van der Waals surface area contributed by atoms with Gasteiger partial charge in [0.05, 0.1) is 7.11 Å². The second kappa shape index (κ2) is 10.5. The van der Waals surface area contributed by atoms with Gasteiger partial charge in [0.25, 0.3) is 0 Å². The Morgan fingerprint density at radius 3 is 2.00 bits per heavy atom. The van der Waals surface area contributed by atoms with Gasteiger partial charge in [-0.3, -0.25) is 14.5 Å². The Hall–Kier alpha value is -3.64. The van der Waals surface area contributed by atoms with Gasteiger partial charge in [-0.25, -0.2) is 0 Å². The third kappa shape index (κ3) is 5.00. The molecule has 3 aromatic carbocycles. The van der Waals surface area contributed by atoms with E-state index in [2.05, 4.69) is 22.3 Å². The van der Waals surface area contributed by atoms with Crippen LogP contribution in [-0.4, -0.2) is 53.4 Å². The molecule has 0 saturated carbocycles. The van der Waals surface area contributed by atoms with Crippen molar-refractivity contribution in [3.8, 4) is 5.75 Å². The summed E-state index contributed by atoms with van der Waals surface area (Å²) in [6, 6.07) is 27.4. The number of carbonyl (C=O) groups excluding carboxylic acids is 2. The topological polar surface area (TPSA) is 61.9 Å². The third-order valence-corrected chi connectivity index (χ3v) is 7.52. The molecule has 3 aromatic rings. The molecular weight excluding hydrogens is 450 g/mol. The van der Waals surface area contributed by atoms with E-state index in [0.29, 0.717) is 25.8 Å². The molecule has 2 fully saturated rings. The van der Waals surface area contributed by atoms with E-state index in [-0.39, 0.29) is 11.8 Å². The van der Waals surface area contributed by atoms with Gasteiger partial charge in [0.1, 0.15) is 17.3 Å². The highest BCUT2D eigenvalue weighted by Crippen LogP contribution is 2.35. The number of hydrogen-bond donors (Lipinski definition) is 1. The number of amides is 2. The normalized spacial score (nSPS) is 19.8. The van der Waals surface area contributed by atoms with Gasteiger partial charge in [-0.2, -0.15) is 0 Å². The molecule has 0 aromatic heterocycles. The van der Waals surface area contributed by atoms with Gasteiger partial charge in [0, 0.05) is 32.6 Å². The van der Waals surface area contributed by atoms with Gasteiger partial charge < -0.3 is 15.0 Å². The molecule has 2 aliphatic heterocycles. The van der Waals surface area contributed by atoms with Gasteiger partial charge in [-0.15, -0.1) is 0 Å². The van der Waals surface area contributed by atoms with Crippen LogP contribution >= 0.6 is 0 Å². The molecule has 1 N–H and O–H groups in total. The number of nitrogens with one attached hydrogen (secondary N) is 1. The average molecular weight is 484 g/mol. The van der Waals surface area contributed by atoms with Gasteiger partial charge in [-0.1, -0.05) is 72.8 Å². The molecule has 6 nitrogen and oxygen atoms in total. The summed E-state index contributed by atoms with van der Waals surface area (Å²) in [5, 5.41) is 3.11. The van der Waals surface area contributed by atoms with Crippen molar-refractivity contribution in [2.75, 3.05) is 20.2 Å². The lowest BCUT2D eigenvalue weighted by Gasteiger charge is -2.51. The van der Waals surface area contributed by atoms with Crippen LogP contribution in [0, 0.1) is 0 Å². The standard InChI is InChI=1S/C30H33N3O3/c1-36-26-14-12-25(13-15-26)21-32-18-16-30(17-19-32)29(35)31-27(20-23-8-4-2-5-9-23)28(34)33(30)22-24-10-6-3-7-11-24/h2-15,27H,16-22H2,1H3,(H,31,35). The molecule has 2 amide bonds. The first-order chi connectivity index (χ1) is 17.6. The van der Waals surface area contributed by atoms with Crippen LogP contribution in [0.25, 0.3) is 0 Å². The Bertz CT molecular complexity index is 1170. The molecule has 6 heteroatoms. The number of piperazine rings is 1. The Morgan fingerprint density at radius 2 is 1.39 bits per heavy atom. The number of hydrogen-bond acceptors (Lipinski definition) is 4. The van der Waals surface area contributed by atoms with E-state index in [9.17, 15) is 9.59 Å². The second-order valence-corrected chi connectivity index (χ2v) is 9.78. The van der Waals surface area contributed by atoms with Crippen molar-refractivity contribution in [2.45, 2.75) is 43.9 Å². The number of rotatable bonds is 7. The van der Waals surface area contributed by atoms with Crippen molar-refractivity contribution in [3.63, 3.8) is 0 Å². The van der Waals surface area contributed by atoms with E-state index in [1.807, 2.05) is 77.7 Å². The van der Waals surface area contributed by atoms with E-state index < -0.39 is 11.6 Å². The van der Waals surface area contributed by atoms with Crippen LogP contribution in [0.3, 0.4) is 0 Å². The van der Waals surface area contributed by atoms with Gasteiger partial charge in [0.15, 0.2) is 0 Å². The number of nitrogens with zero attached hydrogens (tertiary/aromatic N) is 2. The Kier molecular flexibility index (Phi) is 7.05.